The number of allylic oxidation sites excluding steroid dienone is 9. The fourth-order valence-electron chi connectivity index (χ4n) is 6.09. The fourth-order valence-corrected chi connectivity index (χ4v) is 7.94. The zero-order valence-corrected chi connectivity index (χ0v) is 41.8. The number of nitrogens with zero attached hydrogens (tertiary/aromatic N) is 1. The van der Waals surface area contributed by atoms with Gasteiger partial charge >= 0.3 is 17.9 Å². The molecule has 0 aromatic heterocycles. The van der Waals surface area contributed by atoms with Crippen LogP contribution in [0, 0.1) is 0 Å². The number of phosphoric acid groups is 1. The summed E-state index contributed by atoms with van der Waals surface area (Å²) < 4.78 is 34.0. The number of likely N-dealkylation sites (N-methyl/N-ethyl adjacent to an activating group) is 1. The molecular weight excluding hydrogens is 856 g/mol. The van der Waals surface area contributed by atoms with E-state index in [0.717, 1.165) is 44.9 Å². The second-order valence-electron chi connectivity index (χ2n) is 17.3. The van der Waals surface area contributed by atoms with Gasteiger partial charge in [0.15, 0.2) is 6.10 Å². The van der Waals surface area contributed by atoms with Gasteiger partial charge < -0.3 is 43.8 Å². The third kappa shape index (κ3) is 40.9. The highest BCUT2D eigenvalue weighted by atomic mass is 32.2. The van der Waals surface area contributed by atoms with Gasteiger partial charge in [-0.1, -0.05) is 139 Å². The number of rotatable bonds is 43. The molecule has 5 atom stereocenters. The molecule has 0 saturated heterocycles. The Balaban J connectivity index is 5.22. The average Bonchev–Trinajstić information content (AvgIpc) is 3.23. The van der Waals surface area contributed by atoms with E-state index in [-0.39, 0.29) is 38.0 Å². The van der Waals surface area contributed by atoms with Gasteiger partial charge in [-0.05, 0) is 64.2 Å². The summed E-state index contributed by atoms with van der Waals surface area (Å²) in [6.07, 6.45) is 38.6. The molecule has 0 amide bonds. The lowest BCUT2D eigenvalue weighted by Crippen LogP contribution is -2.39. The minimum Gasteiger partial charge on any atom is -0.756 e. The summed E-state index contributed by atoms with van der Waals surface area (Å²) in [5, 5.41) is 19.5. The first kappa shape index (κ1) is 61.5. The Morgan fingerprint density at radius 2 is 1.31 bits per heavy atom. The quantitative estimate of drug-likeness (QED) is 0.0131. The van der Waals surface area contributed by atoms with E-state index in [2.05, 4.69) is 38.2 Å². The number of hydrogen-bond donors (Lipinski definition) is 3. The summed E-state index contributed by atoms with van der Waals surface area (Å²) in [7, 11) is 0.898. The normalized spacial score (nSPS) is 15.4. The standard InChI is InChI=1S/C49H87N2O11PS/c1-6-8-10-12-14-16-18-20-21-22-24-26-28-30-32-37-48(55)62-43(41-61-63(57,58)60-39-38-51(3,4)5)40-59-49(56)44(50)42-64-46(45(52)34-33-36-47(53)54)35-31-29-27-25-23-19-17-15-13-11-9-7-2/h15-18,23,25,27,29,31,35,43-46,52H,6-14,19-22,24,26,28,30,32-34,36-42,50H2,1-5H3,(H-,53,54,57,58)/b17-15-,18-16-,25-23-,29-27+,35-31+/t43-,44+,45+,46-/m1/s1. The Kier molecular flexibility index (Phi) is 39.1. The Morgan fingerprint density at radius 1 is 0.734 bits per heavy atom. The summed E-state index contributed by atoms with van der Waals surface area (Å²) in [4.78, 5) is 49.5. The van der Waals surface area contributed by atoms with Crippen LogP contribution in [0.2, 0.25) is 0 Å². The van der Waals surface area contributed by atoms with Gasteiger partial charge in [0.05, 0.1) is 33.9 Å². The Labute approximate surface area is 391 Å². The van der Waals surface area contributed by atoms with Crippen molar-refractivity contribution in [2.75, 3.05) is 53.3 Å². The van der Waals surface area contributed by atoms with Crippen molar-refractivity contribution in [1.29, 1.82) is 0 Å². The van der Waals surface area contributed by atoms with Gasteiger partial charge in [-0.15, -0.1) is 11.8 Å². The Bertz CT molecular complexity index is 1400. The number of quaternary nitrogens is 1. The first-order valence-electron chi connectivity index (χ1n) is 23.9. The van der Waals surface area contributed by atoms with Crippen LogP contribution in [0.25, 0.3) is 0 Å². The van der Waals surface area contributed by atoms with Gasteiger partial charge in [-0.2, -0.15) is 0 Å². The van der Waals surface area contributed by atoms with Gasteiger partial charge in [0.2, 0.25) is 0 Å². The number of aliphatic hydroxyl groups is 1. The lowest BCUT2D eigenvalue weighted by molar-refractivity contribution is -0.870. The third-order valence-electron chi connectivity index (χ3n) is 10.0. The summed E-state index contributed by atoms with van der Waals surface area (Å²) in [6.45, 7) is 3.59. The number of nitrogens with two attached hydrogens (primary N) is 1. The number of ether oxygens (including phenoxy) is 2. The number of carbonyl (C=O) groups excluding carboxylic acids is 2. The molecule has 1 unspecified atom stereocenters. The Morgan fingerprint density at radius 3 is 1.95 bits per heavy atom. The van der Waals surface area contributed by atoms with E-state index in [9.17, 15) is 28.9 Å². The van der Waals surface area contributed by atoms with Crippen LogP contribution < -0.4 is 10.6 Å². The SMILES string of the molecule is CCCCC/C=C\C\C=C/C=C/C=C/[C@@H](SC[C@H](N)C(=O)OC[C@H](COP(=O)([O-])OCC[N+](C)(C)C)OC(=O)CCCCCCCCC/C=C\CCCCCC)[C@@H](O)CCCC(=O)O. The van der Waals surface area contributed by atoms with Gasteiger partial charge in [0.25, 0.3) is 7.82 Å². The molecular formula is C49H87N2O11PS. The zero-order valence-electron chi connectivity index (χ0n) is 40.1. The van der Waals surface area contributed by atoms with E-state index in [1.165, 1.54) is 76.0 Å². The lowest BCUT2D eigenvalue weighted by Gasteiger charge is -2.28. The van der Waals surface area contributed by atoms with Crippen molar-refractivity contribution in [3.8, 4) is 0 Å². The molecule has 0 rings (SSSR count). The zero-order chi connectivity index (χ0) is 47.7. The molecule has 0 aliphatic heterocycles. The second-order valence-corrected chi connectivity index (χ2v) is 19.9. The van der Waals surface area contributed by atoms with Crippen LogP contribution in [0.3, 0.4) is 0 Å². The monoisotopic (exact) mass is 943 g/mol. The summed E-state index contributed by atoms with van der Waals surface area (Å²) in [5.74, 6) is -2.29. The highest BCUT2D eigenvalue weighted by Gasteiger charge is 2.25. The number of unbranched alkanes of at least 4 members (excludes halogenated alkanes) is 14. The molecule has 0 aromatic carbocycles. The van der Waals surface area contributed by atoms with Crippen molar-refractivity contribution in [3.63, 3.8) is 0 Å². The van der Waals surface area contributed by atoms with Crippen molar-refractivity contribution in [2.24, 2.45) is 5.73 Å². The molecule has 0 radical (unpaired) electrons. The maximum Gasteiger partial charge on any atom is 0.323 e. The summed E-state index contributed by atoms with van der Waals surface area (Å²) >= 11 is 1.22. The number of carbonyl (C=O) groups is 3. The molecule has 0 fully saturated rings. The minimum absolute atomic E-state index is 0.0467. The predicted octanol–water partition coefficient (Wildman–Crippen LogP) is 9.93. The topological polar surface area (TPSA) is 195 Å². The molecule has 13 nitrogen and oxygen atoms in total. The summed E-state index contributed by atoms with van der Waals surface area (Å²) in [5.41, 5.74) is 6.20. The van der Waals surface area contributed by atoms with Crippen LogP contribution in [-0.2, 0) is 37.5 Å². The average molecular weight is 943 g/mol. The van der Waals surface area contributed by atoms with Crippen molar-refractivity contribution in [2.45, 2.75) is 179 Å². The third-order valence-corrected chi connectivity index (χ3v) is 12.4. The van der Waals surface area contributed by atoms with E-state index in [4.69, 9.17) is 29.4 Å². The number of aliphatic hydroxyl groups excluding tert-OH is 1. The highest BCUT2D eigenvalue weighted by Crippen LogP contribution is 2.38. The van der Waals surface area contributed by atoms with Crippen LogP contribution in [0.15, 0.2) is 60.8 Å². The number of esters is 2. The van der Waals surface area contributed by atoms with Crippen molar-refractivity contribution in [3.05, 3.63) is 60.8 Å². The lowest BCUT2D eigenvalue weighted by atomic mass is 10.1. The van der Waals surface area contributed by atoms with E-state index in [0.29, 0.717) is 17.4 Å². The van der Waals surface area contributed by atoms with Crippen LogP contribution in [0.1, 0.15) is 155 Å². The van der Waals surface area contributed by atoms with Crippen LogP contribution in [0.5, 0.6) is 0 Å². The van der Waals surface area contributed by atoms with Crippen molar-refractivity contribution in [1.82, 2.24) is 0 Å². The van der Waals surface area contributed by atoms with E-state index >= 15 is 0 Å². The second kappa shape index (κ2) is 40.7. The maximum atomic E-state index is 13.0. The van der Waals surface area contributed by atoms with E-state index < -0.39 is 62.4 Å². The number of thioether (sulfide) groups is 1. The van der Waals surface area contributed by atoms with Crippen LogP contribution in [-0.4, -0.2) is 109 Å². The number of aliphatic carboxylic acids is 1. The molecule has 15 heteroatoms. The van der Waals surface area contributed by atoms with Gasteiger partial charge in [-0.3, -0.25) is 18.9 Å². The number of phosphoric ester groups is 1. The molecule has 0 aromatic rings. The van der Waals surface area contributed by atoms with Crippen LogP contribution in [0.4, 0.5) is 0 Å². The largest absolute Gasteiger partial charge is 0.756 e. The first-order chi connectivity index (χ1) is 30.6. The van der Waals surface area contributed by atoms with Gasteiger partial charge in [0.1, 0.15) is 25.8 Å². The molecule has 0 aliphatic carbocycles. The smallest absolute Gasteiger partial charge is 0.323 e. The van der Waals surface area contributed by atoms with Gasteiger partial charge in [0, 0.05) is 23.8 Å². The number of carboxylic acid groups (broad SMARTS) is 1. The minimum atomic E-state index is -4.76. The van der Waals surface area contributed by atoms with E-state index in [1.54, 1.807) is 12.2 Å². The molecule has 64 heavy (non-hydrogen) atoms. The van der Waals surface area contributed by atoms with Crippen molar-refractivity contribution >= 4 is 37.5 Å². The summed E-state index contributed by atoms with van der Waals surface area (Å²) in [6, 6.07) is -1.14. The molecule has 0 heterocycles. The number of carboxylic acids is 1. The number of hydrogen-bond acceptors (Lipinski definition) is 12. The molecule has 0 saturated carbocycles. The fraction of sp³-hybridized carbons (Fsp3) is 0.735. The molecule has 0 bridgehead atoms. The molecule has 4 N–H and O–H groups in total. The highest BCUT2D eigenvalue weighted by molar-refractivity contribution is 8.00. The van der Waals surface area contributed by atoms with Gasteiger partial charge in [-0.25, -0.2) is 0 Å². The molecule has 370 valence electrons. The predicted molar refractivity (Wildman–Crippen MR) is 260 cm³/mol. The molecule has 0 aliphatic rings. The van der Waals surface area contributed by atoms with Crippen molar-refractivity contribution < 1.29 is 57.1 Å². The van der Waals surface area contributed by atoms with E-state index in [1.807, 2.05) is 45.4 Å². The Hall–Kier alpha value is -2.55. The molecule has 0 spiro atoms. The van der Waals surface area contributed by atoms with Crippen LogP contribution >= 0.6 is 19.6 Å². The maximum absolute atomic E-state index is 13.0. The first-order valence-corrected chi connectivity index (χ1v) is 26.4.